The molecule has 0 saturated carbocycles. The number of nitrogens with one attached hydrogen (secondary N) is 2. The zero-order valence-corrected chi connectivity index (χ0v) is 13.4. The van der Waals surface area contributed by atoms with E-state index in [2.05, 4.69) is 20.5 Å². The molecule has 6 nitrogen and oxygen atoms in total. The summed E-state index contributed by atoms with van der Waals surface area (Å²) in [7, 11) is 0. The lowest BCUT2D eigenvalue weighted by molar-refractivity contribution is 0.240. The average molecular weight is 293 g/mol. The molecule has 2 heterocycles. The number of nitrogens with zero attached hydrogens (tertiary/aromatic N) is 3. The van der Waals surface area contributed by atoms with Gasteiger partial charge < -0.3 is 20.1 Å². The fourth-order valence-corrected chi connectivity index (χ4v) is 2.51. The second-order valence-corrected chi connectivity index (χ2v) is 6.49. The first-order valence-electron chi connectivity index (χ1n) is 7.73. The third kappa shape index (κ3) is 4.54. The zero-order valence-electron chi connectivity index (χ0n) is 13.4. The molecule has 0 aliphatic carbocycles. The summed E-state index contributed by atoms with van der Waals surface area (Å²) in [4.78, 5) is 18.9. The van der Waals surface area contributed by atoms with Crippen LogP contribution in [0, 0.1) is 0 Å². The molecule has 1 fully saturated rings. The fraction of sp³-hybridized carbons (Fsp3) is 0.733. The highest BCUT2D eigenvalue weighted by Gasteiger charge is 2.16. The molecule has 2 N–H and O–H groups in total. The predicted molar refractivity (Wildman–Crippen MR) is 85.9 cm³/mol. The van der Waals surface area contributed by atoms with Gasteiger partial charge in [0.25, 0.3) is 5.56 Å². The van der Waals surface area contributed by atoms with Gasteiger partial charge in [0.1, 0.15) is 0 Å². The van der Waals surface area contributed by atoms with Gasteiger partial charge in [0.2, 0.25) is 0 Å². The van der Waals surface area contributed by atoms with Crippen LogP contribution >= 0.6 is 0 Å². The number of hydrogen-bond donors (Lipinski definition) is 2. The van der Waals surface area contributed by atoms with Gasteiger partial charge in [-0.05, 0) is 33.7 Å². The molecule has 0 atom stereocenters. The summed E-state index contributed by atoms with van der Waals surface area (Å²) in [6.07, 6.45) is 4.45. The molecule has 0 spiro atoms. The lowest BCUT2D eigenvalue weighted by Gasteiger charge is -2.27. The van der Waals surface area contributed by atoms with E-state index in [1.807, 2.05) is 20.8 Å². The maximum Gasteiger partial charge on any atom is 0.293 e. The average Bonchev–Trinajstić information content (AvgIpc) is 2.45. The summed E-state index contributed by atoms with van der Waals surface area (Å²) >= 11 is 0. The number of rotatable bonds is 5. The van der Waals surface area contributed by atoms with E-state index in [0.29, 0.717) is 5.82 Å². The van der Waals surface area contributed by atoms with Crippen LogP contribution in [0.2, 0.25) is 0 Å². The maximum absolute atomic E-state index is 12.3. The highest BCUT2D eigenvalue weighted by atomic mass is 16.1. The van der Waals surface area contributed by atoms with Crippen LogP contribution in [0.25, 0.3) is 0 Å². The van der Waals surface area contributed by atoms with Crippen LogP contribution in [0.15, 0.2) is 17.2 Å². The Bertz CT molecular complexity index is 500. The van der Waals surface area contributed by atoms with Gasteiger partial charge in [-0.1, -0.05) is 0 Å². The van der Waals surface area contributed by atoms with E-state index in [4.69, 9.17) is 0 Å². The molecule has 1 aliphatic heterocycles. The van der Waals surface area contributed by atoms with Gasteiger partial charge in [0.15, 0.2) is 5.82 Å². The Morgan fingerprint density at radius 1 is 1.33 bits per heavy atom. The molecule has 1 aromatic heterocycles. The van der Waals surface area contributed by atoms with Gasteiger partial charge in [0.05, 0.1) is 0 Å². The van der Waals surface area contributed by atoms with E-state index in [-0.39, 0.29) is 11.1 Å². The molecule has 1 saturated heterocycles. The first kappa shape index (κ1) is 16.0. The van der Waals surface area contributed by atoms with Crippen LogP contribution in [0.3, 0.4) is 0 Å². The summed E-state index contributed by atoms with van der Waals surface area (Å²) in [6.45, 7) is 12.3. The van der Waals surface area contributed by atoms with Crippen molar-refractivity contribution < 1.29 is 0 Å². The lowest BCUT2D eigenvalue weighted by Crippen LogP contribution is -2.44. The molecular weight excluding hydrogens is 266 g/mol. The number of anilines is 1. The molecule has 0 aromatic carbocycles. The molecule has 118 valence electrons. The van der Waals surface area contributed by atoms with Crippen LogP contribution in [-0.4, -0.2) is 53.7 Å². The van der Waals surface area contributed by atoms with E-state index in [1.54, 1.807) is 17.0 Å². The first-order chi connectivity index (χ1) is 9.98. The summed E-state index contributed by atoms with van der Waals surface area (Å²) in [6, 6.07) is 0. The molecule has 1 aromatic rings. The summed E-state index contributed by atoms with van der Waals surface area (Å²) in [5.74, 6) is 0.452. The van der Waals surface area contributed by atoms with Crippen LogP contribution in [0.4, 0.5) is 5.82 Å². The Morgan fingerprint density at radius 2 is 2.05 bits per heavy atom. The molecule has 2 rings (SSSR count). The normalized spacial score (nSPS) is 16.9. The zero-order chi connectivity index (χ0) is 15.3. The molecule has 0 bridgehead atoms. The summed E-state index contributed by atoms with van der Waals surface area (Å²) < 4.78 is 1.72. The van der Waals surface area contributed by atoms with Crippen LogP contribution in [0.5, 0.6) is 0 Å². The van der Waals surface area contributed by atoms with Crippen molar-refractivity contribution in [1.82, 2.24) is 19.8 Å². The Morgan fingerprint density at radius 3 is 2.71 bits per heavy atom. The largest absolute Gasteiger partial charge is 0.365 e. The van der Waals surface area contributed by atoms with Crippen molar-refractivity contribution in [2.24, 2.45) is 0 Å². The molecule has 0 unspecified atom stereocenters. The van der Waals surface area contributed by atoms with E-state index < -0.39 is 0 Å². The fourth-order valence-electron chi connectivity index (χ4n) is 2.51. The van der Waals surface area contributed by atoms with Crippen molar-refractivity contribution >= 4 is 5.82 Å². The monoisotopic (exact) mass is 293 g/mol. The van der Waals surface area contributed by atoms with Gasteiger partial charge in [-0.25, -0.2) is 4.98 Å². The second kappa shape index (κ2) is 7.04. The highest BCUT2D eigenvalue weighted by Crippen LogP contribution is 2.10. The van der Waals surface area contributed by atoms with Gasteiger partial charge >= 0.3 is 0 Å². The smallest absolute Gasteiger partial charge is 0.293 e. The Kier molecular flexibility index (Phi) is 5.36. The van der Waals surface area contributed by atoms with Crippen molar-refractivity contribution in [2.45, 2.75) is 32.7 Å². The molecule has 0 amide bonds. The maximum atomic E-state index is 12.3. The van der Waals surface area contributed by atoms with Gasteiger partial charge in [0, 0.05) is 50.7 Å². The van der Waals surface area contributed by atoms with Gasteiger partial charge in [-0.15, -0.1) is 0 Å². The first-order valence-corrected chi connectivity index (χ1v) is 7.73. The summed E-state index contributed by atoms with van der Waals surface area (Å²) in [5, 5.41) is 6.53. The molecule has 21 heavy (non-hydrogen) atoms. The van der Waals surface area contributed by atoms with Crippen molar-refractivity contribution in [3.63, 3.8) is 0 Å². The van der Waals surface area contributed by atoms with Gasteiger partial charge in [-0.2, -0.15) is 0 Å². The molecule has 1 aliphatic rings. The van der Waals surface area contributed by atoms with Crippen molar-refractivity contribution in [3.05, 3.63) is 22.7 Å². The van der Waals surface area contributed by atoms with Crippen molar-refractivity contribution in [1.29, 1.82) is 0 Å². The number of aromatic nitrogens is 2. The summed E-state index contributed by atoms with van der Waals surface area (Å²) in [5.41, 5.74) is -0.274. The van der Waals surface area contributed by atoms with E-state index >= 15 is 0 Å². The quantitative estimate of drug-likeness (QED) is 0.783. The lowest BCUT2D eigenvalue weighted by atomic mass is 10.1. The number of piperazine rings is 1. The SMILES string of the molecule is CC(C)(C)n1ccnc(NCCCN2CCNCC2)c1=O. The predicted octanol–water partition coefficient (Wildman–Crippen LogP) is 0.706. The number of hydrogen-bond acceptors (Lipinski definition) is 5. The highest BCUT2D eigenvalue weighted by molar-refractivity contribution is 5.30. The van der Waals surface area contributed by atoms with Crippen LogP contribution in [0.1, 0.15) is 27.2 Å². The minimum atomic E-state index is -0.225. The molecule has 6 heteroatoms. The van der Waals surface area contributed by atoms with Crippen LogP contribution < -0.4 is 16.2 Å². The molecular formula is C15H27N5O. The van der Waals surface area contributed by atoms with E-state index in [1.165, 1.54) is 0 Å². The van der Waals surface area contributed by atoms with Gasteiger partial charge in [-0.3, -0.25) is 4.79 Å². The van der Waals surface area contributed by atoms with Crippen LogP contribution in [-0.2, 0) is 5.54 Å². The molecule has 0 radical (unpaired) electrons. The minimum Gasteiger partial charge on any atom is -0.365 e. The van der Waals surface area contributed by atoms with Crippen molar-refractivity contribution in [3.8, 4) is 0 Å². The Hall–Kier alpha value is -1.40. The Labute approximate surface area is 126 Å². The van der Waals surface area contributed by atoms with E-state index in [0.717, 1.165) is 45.7 Å². The van der Waals surface area contributed by atoms with E-state index in [9.17, 15) is 4.79 Å². The standard InChI is InChI=1S/C15H27N5O/c1-15(2,3)20-12-8-18-13(14(20)21)17-5-4-9-19-10-6-16-7-11-19/h8,12,16H,4-7,9-11H2,1-3H3,(H,17,18). The second-order valence-electron chi connectivity index (χ2n) is 6.49. The third-order valence-electron chi connectivity index (χ3n) is 3.72. The third-order valence-corrected chi connectivity index (χ3v) is 3.72. The minimum absolute atomic E-state index is 0.0489. The van der Waals surface area contributed by atoms with Crippen molar-refractivity contribution in [2.75, 3.05) is 44.6 Å². The topological polar surface area (TPSA) is 62.2 Å². The Balaban J connectivity index is 1.84.